The van der Waals surface area contributed by atoms with Crippen LogP contribution in [0.4, 0.5) is 11.4 Å². The van der Waals surface area contributed by atoms with E-state index in [2.05, 4.69) is 10.0 Å². The van der Waals surface area contributed by atoms with Gasteiger partial charge in [-0.25, -0.2) is 8.42 Å². The Hall–Kier alpha value is -2.45. The van der Waals surface area contributed by atoms with Gasteiger partial charge in [0, 0.05) is 24.7 Å². The van der Waals surface area contributed by atoms with Crippen LogP contribution in [-0.2, 0) is 14.8 Å². The third-order valence-electron chi connectivity index (χ3n) is 3.52. The number of halogens is 1. The predicted octanol–water partition coefficient (Wildman–Crippen LogP) is 3.42. The molecule has 1 amide bonds. The lowest BCUT2D eigenvalue weighted by atomic mass is 10.2. The second-order valence-electron chi connectivity index (χ2n) is 5.45. The number of carbonyl (C=O) groups excluding carboxylic acids is 1. The van der Waals surface area contributed by atoms with Crippen molar-refractivity contribution in [2.75, 3.05) is 24.3 Å². The van der Waals surface area contributed by atoms with Gasteiger partial charge in [0.15, 0.2) is 0 Å². The Balaban J connectivity index is 2.48. The first kappa shape index (κ1) is 19.9. The minimum atomic E-state index is -3.95. The Morgan fingerprint density at radius 3 is 2.31 bits per heavy atom. The van der Waals surface area contributed by atoms with E-state index in [1.165, 1.54) is 39.3 Å². The minimum Gasteiger partial charge on any atom is -0.495 e. The molecule has 2 N–H and O–H groups in total. The second-order valence-corrected chi connectivity index (χ2v) is 7.51. The van der Waals surface area contributed by atoms with Gasteiger partial charge in [-0.1, -0.05) is 17.7 Å². The van der Waals surface area contributed by atoms with E-state index in [-0.39, 0.29) is 27.3 Å². The molecule has 0 fully saturated rings. The number of hydrogen-bond acceptors (Lipinski definition) is 5. The van der Waals surface area contributed by atoms with E-state index in [1.807, 2.05) is 0 Å². The summed E-state index contributed by atoms with van der Waals surface area (Å²) in [5.74, 6) is 0.248. The smallest absolute Gasteiger partial charge is 0.262 e. The summed E-state index contributed by atoms with van der Waals surface area (Å²) in [5, 5.41) is 2.85. The fraction of sp³-hybridized carbons (Fsp3) is 0.235. The van der Waals surface area contributed by atoms with Crippen molar-refractivity contribution in [2.45, 2.75) is 18.7 Å². The summed E-state index contributed by atoms with van der Waals surface area (Å²) < 4.78 is 38.5. The molecule has 0 aliphatic carbocycles. The normalized spacial score (nSPS) is 11.0. The zero-order valence-electron chi connectivity index (χ0n) is 14.7. The Morgan fingerprint density at radius 2 is 1.73 bits per heavy atom. The maximum absolute atomic E-state index is 12.9. The maximum atomic E-state index is 12.9. The summed E-state index contributed by atoms with van der Waals surface area (Å²) in [7, 11) is -1.13. The number of sulfonamides is 1. The minimum absolute atomic E-state index is 0.0275. The number of benzene rings is 2. The number of nitrogens with one attached hydrogen (secondary N) is 2. The lowest BCUT2D eigenvalue weighted by molar-refractivity contribution is -0.114. The van der Waals surface area contributed by atoms with E-state index in [0.29, 0.717) is 17.0 Å². The predicted molar refractivity (Wildman–Crippen MR) is 101 cm³/mol. The van der Waals surface area contributed by atoms with Crippen LogP contribution in [0.5, 0.6) is 11.5 Å². The van der Waals surface area contributed by atoms with Crippen LogP contribution in [0.25, 0.3) is 0 Å². The highest BCUT2D eigenvalue weighted by Crippen LogP contribution is 2.37. The number of methoxy groups -OCH3 is 2. The van der Waals surface area contributed by atoms with Gasteiger partial charge in [0.25, 0.3) is 10.0 Å². The molecular formula is C17H19ClN2O5S. The summed E-state index contributed by atoms with van der Waals surface area (Å²) in [6.45, 7) is 3.00. The number of carbonyl (C=O) groups is 1. The Morgan fingerprint density at radius 1 is 1.08 bits per heavy atom. The Kier molecular flexibility index (Phi) is 5.99. The van der Waals surface area contributed by atoms with Gasteiger partial charge >= 0.3 is 0 Å². The summed E-state index contributed by atoms with van der Waals surface area (Å²) in [6, 6.07) is 7.52. The molecule has 9 heteroatoms. The van der Waals surface area contributed by atoms with Crippen LogP contribution in [0.1, 0.15) is 12.5 Å². The summed E-state index contributed by atoms with van der Waals surface area (Å²) in [4.78, 5) is 11.2. The van der Waals surface area contributed by atoms with Gasteiger partial charge in [0.1, 0.15) is 11.5 Å². The molecule has 0 radical (unpaired) electrons. The van der Waals surface area contributed by atoms with Crippen molar-refractivity contribution in [1.82, 2.24) is 0 Å². The van der Waals surface area contributed by atoms with Gasteiger partial charge in [-0.15, -0.1) is 0 Å². The third-order valence-corrected chi connectivity index (χ3v) is 5.32. The summed E-state index contributed by atoms with van der Waals surface area (Å²) >= 11 is 6.04. The zero-order chi connectivity index (χ0) is 19.5. The molecule has 0 saturated carbocycles. The maximum Gasteiger partial charge on any atom is 0.262 e. The van der Waals surface area contributed by atoms with Crippen LogP contribution < -0.4 is 19.5 Å². The average Bonchev–Trinajstić information content (AvgIpc) is 2.57. The van der Waals surface area contributed by atoms with Crippen molar-refractivity contribution in [3.63, 3.8) is 0 Å². The number of aryl methyl sites for hydroxylation is 1. The molecule has 7 nitrogen and oxygen atoms in total. The largest absolute Gasteiger partial charge is 0.495 e. The molecule has 2 aromatic carbocycles. The topological polar surface area (TPSA) is 93.7 Å². The molecule has 0 aromatic heterocycles. The van der Waals surface area contributed by atoms with Crippen LogP contribution in [-0.4, -0.2) is 28.5 Å². The highest BCUT2D eigenvalue weighted by Gasteiger charge is 2.21. The fourth-order valence-corrected chi connectivity index (χ4v) is 3.87. The highest BCUT2D eigenvalue weighted by atomic mass is 35.5. The molecule has 0 atom stereocenters. The molecule has 26 heavy (non-hydrogen) atoms. The average molecular weight is 399 g/mol. The van der Waals surface area contributed by atoms with Crippen LogP contribution in [0.2, 0.25) is 5.02 Å². The molecule has 0 aliphatic heterocycles. The van der Waals surface area contributed by atoms with Crippen molar-refractivity contribution < 1.29 is 22.7 Å². The quantitative estimate of drug-likeness (QED) is 0.777. The number of hydrogen-bond donors (Lipinski definition) is 2. The molecule has 140 valence electrons. The van der Waals surface area contributed by atoms with Crippen molar-refractivity contribution in [1.29, 1.82) is 0 Å². The van der Waals surface area contributed by atoms with Crippen molar-refractivity contribution >= 4 is 38.9 Å². The Labute approximate surface area is 157 Å². The van der Waals surface area contributed by atoms with Gasteiger partial charge in [-0.05, 0) is 24.6 Å². The van der Waals surface area contributed by atoms with E-state index in [9.17, 15) is 13.2 Å². The van der Waals surface area contributed by atoms with E-state index < -0.39 is 10.0 Å². The van der Waals surface area contributed by atoms with E-state index in [0.717, 1.165) is 0 Å². The number of rotatable bonds is 6. The molecule has 0 unspecified atom stereocenters. The number of ether oxygens (including phenoxy) is 2. The number of amides is 1. The first-order chi connectivity index (χ1) is 12.2. The molecule has 0 aliphatic rings. The first-order valence-electron chi connectivity index (χ1n) is 7.50. The zero-order valence-corrected chi connectivity index (χ0v) is 16.3. The molecule has 0 bridgehead atoms. The Bertz CT molecular complexity index is 944. The monoisotopic (exact) mass is 398 g/mol. The fourth-order valence-electron chi connectivity index (χ4n) is 2.31. The standard InChI is InChI=1S/C17H19ClN2O5S/c1-10-5-6-12(19-11(2)21)7-17(10)26(22,23)20-14-9-15(24-3)13(18)8-16(14)25-4/h5-9,20H,1-4H3,(H,19,21). The summed E-state index contributed by atoms with van der Waals surface area (Å²) in [6.07, 6.45) is 0. The van der Waals surface area contributed by atoms with E-state index >= 15 is 0 Å². The molecule has 0 spiro atoms. The lowest BCUT2D eigenvalue weighted by Crippen LogP contribution is -2.16. The summed E-state index contributed by atoms with van der Waals surface area (Å²) in [5.41, 5.74) is 1.08. The SMILES string of the molecule is COc1cc(NS(=O)(=O)c2cc(NC(C)=O)ccc2C)c(OC)cc1Cl. The lowest BCUT2D eigenvalue weighted by Gasteiger charge is -2.16. The molecular weight excluding hydrogens is 380 g/mol. The van der Waals surface area contributed by atoms with Crippen LogP contribution in [0.15, 0.2) is 35.2 Å². The van der Waals surface area contributed by atoms with Crippen molar-refractivity contribution in [3.8, 4) is 11.5 Å². The second kappa shape index (κ2) is 7.84. The van der Waals surface area contributed by atoms with Crippen molar-refractivity contribution in [2.24, 2.45) is 0 Å². The van der Waals surface area contributed by atoms with Gasteiger partial charge in [0.2, 0.25) is 5.91 Å². The highest BCUT2D eigenvalue weighted by molar-refractivity contribution is 7.92. The van der Waals surface area contributed by atoms with Crippen LogP contribution in [0.3, 0.4) is 0 Å². The van der Waals surface area contributed by atoms with Gasteiger partial charge < -0.3 is 14.8 Å². The molecule has 0 heterocycles. The third kappa shape index (κ3) is 4.39. The van der Waals surface area contributed by atoms with Crippen molar-refractivity contribution in [3.05, 3.63) is 40.9 Å². The van der Waals surface area contributed by atoms with Gasteiger partial charge in [-0.2, -0.15) is 0 Å². The van der Waals surface area contributed by atoms with E-state index in [1.54, 1.807) is 19.1 Å². The van der Waals surface area contributed by atoms with Crippen LogP contribution >= 0.6 is 11.6 Å². The van der Waals surface area contributed by atoms with Crippen LogP contribution in [0, 0.1) is 6.92 Å². The molecule has 2 rings (SSSR count). The molecule has 2 aromatic rings. The molecule has 0 saturated heterocycles. The van der Waals surface area contributed by atoms with E-state index in [4.69, 9.17) is 21.1 Å². The van der Waals surface area contributed by atoms with Gasteiger partial charge in [0.05, 0.1) is 29.8 Å². The first-order valence-corrected chi connectivity index (χ1v) is 9.36. The number of anilines is 2. The van der Waals surface area contributed by atoms with Gasteiger partial charge in [-0.3, -0.25) is 9.52 Å².